The van der Waals surface area contributed by atoms with Gasteiger partial charge in [-0.05, 0) is 32.9 Å². The van der Waals surface area contributed by atoms with Crippen LogP contribution < -0.4 is 10.1 Å². The maximum atomic E-state index is 12.8. The number of anilines is 1. The molecule has 0 radical (unpaired) electrons. The van der Waals surface area contributed by atoms with Gasteiger partial charge in [-0.2, -0.15) is 0 Å². The van der Waals surface area contributed by atoms with Crippen molar-refractivity contribution < 1.29 is 18.8 Å². The molecule has 126 valence electrons. The fourth-order valence-corrected chi connectivity index (χ4v) is 2.64. The average molecular weight is 329 g/mol. The van der Waals surface area contributed by atoms with Crippen LogP contribution in [0.15, 0.2) is 22.7 Å². The summed E-state index contributed by atoms with van der Waals surface area (Å²) in [7, 11) is 1.71. The van der Waals surface area contributed by atoms with Crippen molar-refractivity contribution in [3.8, 4) is 5.75 Å². The number of hydrogen-bond acceptors (Lipinski definition) is 5. The van der Waals surface area contributed by atoms with Gasteiger partial charge in [0.2, 0.25) is 0 Å². The number of nitrogens with one attached hydrogen (secondary N) is 1. The number of benzene rings is 1. The molecule has 0 saturated carbocycles. The second kappa shape index (κ2) is 5.99. The quantitative estimate of drug-likeness (QED) is 0.934. The predicted molar refractivity (Wildman–Crippen MR) is 86.9 cm³/mol. The third kappa shape index (κ3) is 2.73. The Morgan fingerprint density at radius 3 is 2.79 bits per heavy atom. The Kier molecular flexibility index (Phi) is 4.01. The van der Waals surface area contributed by atoms with E-state index < -0.39 is 6.10 Å². The molecule has 24 heavy (non-hydrogen) atoms. The molecule has 0 bridgehead atoms. The van der Waals surface area contributed by atoms with E-state index >= 15 is 0 Å². The molecule has 0 saturated heterocycles. The van der Waals surface area contributed by atoms with E-state index in [0.29, 0.717) is 29.3 Å². The second-order valence-corrected chi connectivity index (χ2v) is 5.90. The van der Waals surface area contributed by atoms with E-state index in [0.717, 1.165) is 11.3 Å². The van der Waals surface area contributed by atoms with Crippen molar-refractivity contribution in [3.05, 3.63) is 40.8 Å². The molecule has 1 aromatic heterocycles. The number of fused-ring (bicyclic) bond motifs is 1. The number of carbonyl (C=O) groups is 2. The minimum Gasteiger partial charge on any atom is -0.478 e. The van der Waals surface area contributed by atoms with Crippen molar-refractivity contribution in [3.63, 3.8) is 0 Å². The Morgan fingerprint density at radius 1 is 1.38 bits per heavy atom. The van der Waals surface area contributed by atoms with Crippen molar-refractivity contribution in [1.82, 2.24) is 10.1 Å². The SMILES string of the molecule is Cc1noc(C)c1CN(C)C(=O)c1cccc2c1O[C@@H](C)C(=O)N2. The predicted octanol–water partition coefficient (Wildman–Crippen LogP) is 2.28. The molecule has 0 fully saturated rings. The molecule has 0 spiro atoms. The number of rotatable bonds is 3. The molecule has 7 heteroatoms. The number of nitrogens with zero attached hydrogens (tertiary/aromatic N) is 2. The van der Waals surface area contributed by atoms with Gasteiger partial charge in [-0.25, -0.2) is 0 Å². The van der Waals surface area contributed by atoms with E-state index in [1.807, 2.05) is 13.8 Å². The van der Waals surface area contributed by atoms with E-state index in [2.05, 4.69) is 10.5 Å². The summed E-state index contributed by atoms with van der Waals surface area (Å²) in [5.41, 5.74) is 2.57. The molecule has 2 heterocycles. The van der Waals surface area contributed by atoms with Gasteiger partial charge in [0.1, 0.15) is 5.76 Å². The third-order valence-electron chi connectivity index (χ3n) is 4.09. The Hall–Kier alpha value is -2.83. The van der Waals surface area contributed by atoms with Crippen LogP contribution in [0.4, 0.5) is 5.69 Å². The van der Waals surface area contributed by atoms with Gasteiger partial charge >= 0.3 is 0 Å². The van der Waals surface area contributed by atoms with Gasteiger partial charge in [-0.1, -0.05) is 11.2 Å². The Bertz CT molecular complexity index is 793. The summed E-state index contributed by atoms with van der Waals surface area (Å²) in [5.74, 6) is 0.672. The van der Waals surface area contributed by atoms with Crippen LogP contribution in [0.2, 0.25) is 0 Å². The van der Waals surface area contributed by atoms with Crippen LogP contribution in [0, 0.1) is 13.8 Å². The van der Waals surface area contributed by atoms with Gasteiger partial charge in [0.15, 0.2) is 11.9 Å². The van der Waals surface area contributed by atoms with E-state index in [9.17, 15) is 9.59 Å². The number of ether oxygens (including phenoxy) is 1. The minimum atomic E-state index is -0.640. The maximum absolute atomic E-state index is 12.8. The lowest BCUT2D eigenvalue weighted by Gasteiger charge is -2.26. The number of aryl methyl sites for hydroxylation is 2. The largest absolute Gasteiger partial charge is 0.478 e. The molecule has 0 aliphatic carbocycles. The zero-order valence-electron chi connectivity index (χ0n) is 14.0. The fraction of sp³-hybridized carbons (Fsp3) is 0.353. The Morgan fingerprint density at radius 2 is 2.12 bits per heavy atom. The number of para-hydroxylation sites is 1. The first-order chi connectivity index (χ1) is 11.4. The smallest absolute Gasteiger partial charge is 0.265 e. The molecule has 1 aromatic carbocycles. The highest BCUT2D eigenvalue weighted by molar-refractivity contribution is 6.03. The second-order valence-electron chi connectivity index (χ2n) is 5.90. The summed E-state index contributed by atoms with van der Waals surface area (Å²) in [6, 6.07) is 5.12. The summed E-state index contributed by atoms with van der Waals surface area (Å²) in [5, 5.41) is 6.65. The summed E-state index contributed by atoms with van der Waals surface area (Å²) in [6.45, 7) is 5.69. The van der Waals surface area contributed by atoms with Gasteiger partial charge in [0, 0.05) is 12.6 Å². The molecule has 1 atom stereocenters. The topological polar surface area (TPSA) is 84.7 Å². The van der Waals surface area contributed by atoms with Crippen molar-refractivity contribution in [2.24, 2.45) is 0 Å². The first-order valence-corrected chi connectivity index (χ1v) is 7.66. The van der Waals surface area contributed by atoms with E-state index in [-0.39, 0.29) is 11.8 Å². The van der Waals surface area contributed by atoms with Crippen LogP contribution in [0.1, 0.15) is 34.3 Å². The maximum Gasteiger partial charge on any atom is 0.265 e. The normalized spacial score (nSPS) is 16.2. The third-order valence-corrected chi connectivity index (χ3v) is 4.09. The molecule has 3 rings (SSSR count). The van der Waals surface area contributed by atoms with Crippen molar-refractivity contribution >= 4 is 17.5 Å². The number of hydrogen-bond donors (Lipinski definition) is 1. The fourth-order valence-electron chi connectivity index (χ4n) is 2.64. The molecular formula is C17H19N3O4. The number of aromatic nitrogens is 1. The molecular weight excluding hydrogens is 310 g/mol. The summed E-state index contributed by atoms with van der Waals surface area (Å²) in [6.07, 6.45) is -0.640. The Balaban J connectivity index is 1.88. The molecule has 0 unspecified atom stereocenters. The van der Waals surface area contributed by atoms with Crippen LogP contribution in [0.3, 0.4) is 0 Å². The van der Waals surface area contributed by atoms with Crippen LogP contribution in [0.5, 0.6) is 5.75 Å². The van der Waals surface area contributed by atoms with Crippen LogP contribution >= 0.6 is 0 Å². The van der Waals surface area contributed by atoms with Crippen molar-refractivity contribution in [2.45, 2.75) is 33.4 Å². The monoisotopic (exact) mass is 329 g/mol. The lowest BCUT2D eigenvalue weighted by Crippen LogP contribution is -2.36. The van der Waals surface area contributed by atoms with E-state index in [1.54, 1.807) is 37.1 Å². The molecule has 2 aromatic rings. The van der Waals surface area contributed by atoms with E-state index in [4.69, 9.17) is 9.26 Å². The van der Waals surface area contributed by atoms with Crippen LogP contribution in [-0.4, -0.2) is 35.0 Å². The highest BCUT2D eigenvalue weighted by Gasteiger charge is 2.29. The minimum absolute atomic E-state index is 0.199. The summed E-state index contributed by atoms with van der Waals surface area (Å²) >= 11 is 0. The lowest BCUT2D eigenvalue weighted by atomic mass is 10.1. The average Bonchev–Trinajstić information content (AvgIpc) is 2.86. The zero-order valence-corrected chi connectivity index (χ0v) is 14.0. The molecule has 1 aliphatic heterocycles. The number of carbonyl (C=O) groups excluding carboxylic acids is 2. The Labute approximate surface area is 139 Å². The molecule has 1 N–H and O–H groups in total. The van der Waals surface area contributed by atoms with Crippen LogP contribution in [0.25, 0.3) is 0 Å². The van der Waals surface area contributed by atoms with Crippen molar-refractivity contribution in [1.29, 1.82) is 0 Å². The standard InChI is InChI=1S/C17H19N3O4/c1-9-13(10(2)24-19-9)8-20(4)17(22)12-6-5-7-14-15(12)23-11(3)16(21)18-14/h5-7,11H,8H2,1-4H3,(H,18,21)/t11-/m0/s1. The molecule has 1 aliphatic rings. The highest BCUT2D eigenvalue weighted by Crippen LogP contribution is 2.34. The first kappa shape index (κ1) is 16.0. The summed E-state index contributed by atoms with van der Waals surface area (Å²) < 4.78 is 10.8. The van der Waals surface area contributed by atoms with Gasteiger partial charge in [-0.3, -0.25) is 9.59 Å². The molecule has 2 amide bonds. The zero-order chi connectivity index (χ0) is 17.4. The van der Waals surface area contributed by atoms with Gasteiger partial charge in [0.05, 0.1) is 23.5 Å². The lowest BCUT2D eigenvalue weighted by molar-refractivity contribution is -0.122. The van der Waals surface area contributed by atoms with E-state index in [1.165, 1.54) is 0 Å². The van der Waals surface area contributed by atoms with Gasteiger partial charge in [0.25, 0.3) is 11.8 Å². The summed E-state index contributed by atoms with van der Waals surface area (Å²) in [4.78, 5) is 26.1. The first-order valence-electron chi connectivity index (χ1n) is 7.66. The highest BCUT2D eigenvalue weighted by atomic mass is 16.5. The molecule has 7 nitrogen and oxygen atoms in total. The van der Waals surface area contributed by atoms with Crippen LogP contribution in [-0.2, 0) is 11.3 Å². The van der Waals surface area contributed by atoms with Gasteiger partial charge < -0.3 is 19.5 Å². The van der Waals surface area contributed by atoms with Crippen molar-refractivity contribution in [2.75, 3.05) is 12.4 Å². The van der Waals surface area contributed by atoms with Gasteiger partial charge in [-0.15, -0.1) is 0 Å². The number of amides is 2.